The van der Waals surface area contributed by atoms with Crippen LogP contribution in [0.15, 0.2) is 48.7 Å². The highest BCUT2D eigenvalue weighted by molar-refractivity contribution is 5.98. The zero-order valence-electron chi connectivity index (χ0n) is 18.4. The van der Waals surface area contributed by atoms with Gasteiger partial charge in [0, 0.05) is 42.2 Å². The zero-order chi connectivity index (χ0) is 22.5. The number of aromatic nitrogens is 1. The Labute approximate surface area is 187 Å². The average molecular weight is 434 g/mol. The molecule has 1 aliphatic heterocycles. The van der Waals surface area contributed by atoms with E-state index in [0.29, 0.717) is 12.0 Å². The highest BCUT2D eigenvalue weighted by Gasteiger charge is 2.14. The number of halogens is 1. The number of aryl methyl sites for hydroxylation is 1. The molecular formula is C26H28FN3O2. The Morgan fingerprint density at radius 3 is 2.56 bits per heavy atom. The number of nitrogens with zero attached hydrogens (tertiary/aromatic N) is 2. The number of anilines is 1. The van der Waals surface area contributed by atoms with Gasteiger partial charge < -0.3 is 5.32 Å². The molecule has 0 unspecified atom stereocenters. The number of amides is 1. The Morgan fingerprint density at radius 2 is 1.81 bits per heavy atom. The molecule has 1 aromatic heterocycles. The van der Waals surface area contributed by atoms with Crippen molar-refractivity contribution in [1.29, 1.82) is 0 Å². The summed E-state index contributed by atoms with van der Waals surface area (Å²) in [5, 5.41) is 4.02. The number of Topliss-reactive ketones (excluding diaryl/α,β-unsaturated/α-hetero) is 1. The molecule has 3 aromatic rings. The van der Waals surface area contributed by atoms with Crippen molar-refractivity contribution in [3.8, 4) is 0 Å². The lowest BCUT2D eigenvalue weighted by atomic mass is 10.0. The van der Waals surface area contributed by atoms with Crippen LogP contribution in [-0.2, 0) is 11.3 Å². The first kappa shape index (κ1) is 22.1. The van der Waals surface area contributed by atoms with E-state index in [0.717, 1.165) is 41.8 Å². The van der Waals surface area contributed by atoms with Crippen molar-refractivity contribution in [3.63, 3.8) is 0 Å². The first-order valence-electron chi connectivity index (χ1n) is 11.2. The van der Waals surface area contributed by atoms with Gasteiger partial charge in [-0.05, 0) is 86.8 Å². The van der Waals surface area contributed by atoms with E-state index >= 15 is 0 Å². The summed E-state index contributed by atoms with van der Waals surface area (Å²) in [7, 11) is 0. The molecule has 6 heteroatoms. The van der Waals surface area contributed by atoms with E-state index in [1.807, 2.05) is 25.3 Å². The highest BCUT2D eigenvalue weighted by Crippen LogP contribution is 2.25. The fraction of sp³-hybridized carbons (Fsp3) is 0.346. The van der Waals surface area contributed by atoms with E-state index in [-0.39, 0.29) is 30.3 Å². The van der Waals surface area contributed by atoms with Crippen LogP contribution in [-0.4, -0.2) is 34.7 Å². The van der Waals surface area contributed by atoms with Crippen molar-refractivity contribution in [2.75, 3.05) is 18.4 Å². The number of likely N-dealkylation sites (tertiary alicyclic amines) is 1. The molecular weight excluding hydrogens is 405 g/mol. The van der Waals surface area contributed by atoms with Gasteiger partial charge in [0.1, 0.15) is 5.82 Å². The van der Waals surface area contributed by atoms with Crippen LogP contribution < -0.4 is 5.32 Å². The molecule has 1 amide bonds. The van der Waals surface area contributed by atoms with E-state index in [1.54, 1.807) is 0 Å². The summed E-state index contributed by atoms with van der Waals surface area (Å²) >= 11 is 0. The molecule has 166 valence electrons. The number of fused-ring (bicyclic) bond motifs is 1. The SMILES string of the molecule is Cc1c(NC(=O)CCCC(=O)c2ccc(F)cc2)ccc2cc(CN3CCCC3)cnc12. The highest BCUT2D eigenvalue weighted by atomic mass is 19.1. The summed E-state index contributed by atoms with van der Waals surface area (Å²) in [6, 6.07) is 11.6. The molecule has 2 heterocycles. The molecule has 1 N–H and O–H groups in total. The number of nitrogens with one attached hydrogen (secondary N) is 1. The Morgan fingerprint density at radius 1 is 1.06 bits per heavy atom. The van der Waals surface area contributed by atoms with E-state index in [2.05, 4.69) is 21.3 Å². The molecule has 32 heavy (non-hydrogen) atoms. The third-order valence-electron chi connectivity index (χ3n) is 6.02. The lowest BCUT2D eigenvalue weighted by Gasteiger charge is -2.15. The minimum absolute atomic E-state index is 0.0892. The average Bonchev–Trinajstić information content (AvgIpc) is 3.29. The van der Waals surface area contributed by atoms with E-state index in [9.17, 15) is 14.0 Å². The van der Waals surface area contributed by atoms with Crippen molar-refractivity contribution < 1.29 is 14.0 Å². The maximum absolute atomic E-state index is 13.0. The van der Waals surface area contributed by atoms with E-state index in [1.165, 1.54) is 42.7 Å². The standard InChI is InChI=1S/C26H28FN3O2/c1-18-23(29-25(32)6-4-5-24(31)20-7-10-22(27)11-8-20)12-9-21-15-19(16-28-26(18)21)17-30-13-2-3-14-30/h7-12,15-16H,2-6,13-14,17H2,1H3,(H,29,32). The Hall–Kier alpha value is -3.12. The first-order chi connectivity index (χ1) is 15.5. The van der Waals surface area contributed by atoms with Gasteiger partial charge in [-0.2, -0.15) is 0 Å². The summed E-state index contributed by atoms with van der Waals surface area (Å²) in [5.41, 5.74) is 4.24. The van der Waals surface area contributed by atoms with Crippen LogP contribution in [0.1, 0.15) is 53.6 Å². The normalized spacial score (nSPS) is 14.1. The van der Waals surface area contributed by atoms with Gasteiger partial charge in [-0.25, -0.2) is 4.39 Å². The molecule has 0 radical (unpaired) electrons. The summed E-state index contributed by atoms with van der Waals surface area (Å²) in [6.45, 7) is 5.19. The molecule has 0 atom stereocenters. The quantitative estimate of drug-likeness (QED) is 0.492. The van der Waals surface area contributed by atoms with Crippen LogP contribution in [0.2, 0.25) is 0 Å². The van der Waals surface area contributed by atoms with Crippen LogP contribution in [0.25, 0.3) is 10.9 Å². The summed E-state index contributed by atoms with van der Waals surface area (Å²) in [5.74, 6) is -0.595. The number of carbonyl (C=O) groups is 2. The topological polar surface area (TPSA) is 62.3 Å². The number of benzene rings is 2. The maximum Gasteiger partial charge on any atom is 0.224 e. The van der Waals surface area contributed by atoms with Crippen molar-refractivity contribution in [2.45, 2.75) is 45.6 Å². The third kappa shape index (κ3) is 5.37. The van der Waals surface area contributed by atoms with Gasteiger partial charge in [-0.15, -0.1) is 0 Å². The molecule has 1 aliphatic rings. The van der Waals surface area contributed by atoms with Crippen LogP contribution in [0, 0.1) is 12.7 Å². The molecule has 0 aliphatic carbocycles. The minimum Gasteiger partial charge on any atom is -0.326 e. The van der Waals surface area contributed by atoms with Crippen molar-refractivity contribution >= 4 is 28.3 Å². The van der Waals surface area contributed by atoms with Gasteiger partial charge in [0.2, 0.25) is 5.91 Å². The summed E-state index contributed by atoms with van der Waals surface area (Å²) in [4.78, 5) is 31.7. The van der Waals surface area contributed by atoms with Gasteiger partial charge in [0.05, 0.1) is 5.52 Å². The van der Waals surface area contributed by atoms with Gasteiger partial charge >= 0.3 is 0 Å². The van der Waals surface area contributed by atoms with Crippen molar-refractivity contribution in [2.24, 2.45) is 0 Å². The lowest BCUT2D eigenvalue weighted by molar-refractivity contribution is -0.116. The zero-order valence-corrected chi connectivity index (χ0v) is 18.4. The number of hydrogen-bond donors (Lipinski definition) is 1. The predicted molar refractivity (Wildman–Crippen MR) is 124 cm³/mol. The molecule has 1 saturated heterocycles. The molecule has 1 fully saturated rings. The number of carbonyl (C=O) groups excluding carboxylic acids is 2. The molecule has 0 spiro atoms. The third-order valence-corrected chi connectivity index (χ3v) is 6.02. The Bertz CT molecular complexity index is 1120. The van der Waals surface area contributed by atoms with Crippen LogP contribution in [0.3, 0.4) is 0 Å². The predicted octanol–water partition coefficient (Wildman–Crippen LogP) is 5.27. The van der Waals surface area contributed by atoms with Crippen LogP contribution >= 0.6 is 0 Å². The minimum atomic E-state index is -0.371. The first-order valence-corrected chi connectivity index (χ1v) is 11.2. The molecule has 0 bridgehead atoms. The Balaban J connectivity index is 1.33. The van der Waals surface area contributed by atoms with E-state index < -0.39 is 0 Å². The number of ketones is 1. The van der Waals surface area contributed by atoms with Gasteiger partial charge in [0.15, 0.2) is 5.78 Å². The lowest BCUT2D eigenvalue weighted by Crippen LogP contribution is -2.18. The van der Waals surface area contributed by atoms with Gasteiger partial charge in [-0.3, -0.25) is 19.5 Å². The van der Waals surface area contributed by atoms with Crippen molar-refractivity contribution in [3.05, 3.63) is 71.2 Å². The maximum atomic E-state index is 13.0. The van der Waals surface area contributed by atoms with Crippen molar-refractivity contribution in [1.82, 2.24) is 9.88 Å². The fourth-order valence-corrected chi connectivity index (χ4v) is 4.22. The van der Waals surface area contributed by atoms with E-state index in [4.69, 9.17) is 0 Å². The van der Waals surface area contributed by atoms with Crippen LogP contribution in [0.5, 0.6) is 0 Å². The number of pyridine rings is 1. The van der Waals surface area contributed by atoms with Crippen LogP contribution in [0.4, 0.5) is 10.1 Å². The second-order valence-electron chi connectivity index (χ2n) is 8.47. The Kier molecular flexibility index (Phi) is 6.90. The molecule has 4 rings (SSSR count). The molecule has 5 nitrogen and oxygen atoms in total. The number of rotatable bonds is 8. The summed E-state index contributed by atoms with van der Waals surface area (Å²) in [6.07, 6.45) is 5.39. The number of hydrogen-bond acceptors (Lipinski definition) is 4. The van der Waals surface area contributed by atoms with Gasteiger partial charge in [0.25, 0.3) is 0 Å². The van der Waals surface area contributed by atoms with Gasteiger partial charge in [-0.1, -0.05) is 6.07 Å². The fourth-order valence-electron chi connectivity index (χ4n) is 4.22. The summed E-state index contributed by atoms with van der Waals surface area (Å²) < 4.78 is 13.0. The monoisotopic (exact) mass is 433 g/mol. The largest absolute Gasteiger partial charge is 0.326 e. The second-order valence-corrected chi connectivity index (χ2v) is 8.47. The smallest absolute Gasteiger partial charge is 0.224 e. The second kappa shape index (κ2) is 10.0. The molecule has 2 aromatic carbocycles. The molecule has 0 saturated carbocycles.